The summed E-state index contributed by atoms with van der Waals surface area (Å²) >= 11 is 0. The Bertz CT molecular complexity index is 1180. The zero-order valence-electron chi connectivity index (χ0n) is 21.2. The molecule has 2 aliphatic heterocycles. The number of ether oxygens (including phenoxy) is 3. The van der Waals surface area contributed by atoms with E-state index in [1.165, 1.54) is 10.9 Å². The molecule has 7 heteroatoms. The van der Waals surface area contributed by atoms with Gasteiger partial charge in [0.25, 0.3) is 0 Å². The number of aromatic amines is 1. The molecular weight excluding hydrogens is 456 g/mol. The van der Waals surface area contributed by atoms with Gasteiger partial charge in [-0.3, -0.25) is 4.90 Å². The Morgan fingerprint density at radius 3 is 2.67 bits per heavy atom. The summed E-state index contributed by atoms with van der Waals surface area (Å²) in [7, 11) is 1.73. The van der Waals surface area contributed by atoms with E-state index in [2.05, 4.69) is 28.9 Å². The van der Waals surface area contributed by atoms with Gasteiger partial charge >= 0.3 is 5.97 Å². The molecule has 2 aliphatic rings. The Morgan fingerprint density at radius 2 is 1.94 bits per heavy atom. The molecule has 2 aromatic carbocycles. The zero-order valence-corrected chi connectivity index (χ0v) is 21.2. The number of nitrogens with zero attached hydrogens (tertiary/aromatic N) is 1. The second-order valence-electron chi connectivity index (χ2n) is 10.1. The summed E-state index contributed by atoms with van der Waals surface area (Å²) in [4.78, 5) is 17.3. The number of rotatable bonds is 8. The van der Waals surface area contributed by atoms with Crippen LogP contribution in [0.15, 0.2) is 42.6 Å². The van der Waals surface area contributed by atoms with Crippen LogP contribution in [0.1, 0.15) is 58.8 Å². The third-order valence-corrected chi connectivity index (χ3v) is 7.81. The van der Waals surface area contributed by atoms with Gasteiger partial charge in [0.05, 0.1) is 18.8 Å². The normalized spacial score (nSPS) is 21.6. The number of carboxylic acid groups (broad SMARTS) is 1. The number of aryl methyl sites for hydroxylation is 1. The summed E-state index contributed by atoms with van der Waals surface area (Å²) in [5.41, 5.74) is 4.91. The molecule has 5 rings (SSSR count). The highest BCUT2D eigenvalue weighted by molar-refractivity contribution is 5.88. The predicted octanol–water partition coefficient (Wildman–Crippen LogP) is 5.33. The van der Waals surface area contributed by atoms with Crippen LogP contribution in [0.2, 0.25) is 0 Å². The van der Waals surface area contributed by atoms with Crippen molar-refractivity contribution in [2.24, 2.45) is 5.92 Å². The molecule has 2 atom stereocenters. The minimum atomic E-state index is -0.904. The Balaban J connectivity index is 1.39. The van der Waals surface area contributed by atoms with Crippen molar-refractivity contribution in [3.63, 3.8) is 0 Å². The quantitative estimate of drug-likeness (QED) is 0.442. The van der Waals surface area contributed by atoms with Crippen LogP contribution in [0.25, 0.3) is 10.9 Å². The van der Waals surface area contributed by atoms with Gasteiger partial charge in [-0.1, -0.05) is 12.1 Å². The van der Waals surface area contributed by atoms with Crippen LogP contribution in [0.4, 0.5) is 0 Å². The maximum absolute atomic E-state index is 11.4. The van der Waals surface area contributed by atoms with E-state index >= 15 is 0 Å². The van der Waals surface area contributed by atoms with E-state index in [1.807, 2.05) is 18.3 Å². The Kier molecular flexibility index (Phi) is 7.60. The molecule has 0 aliphatic carbocycles. The van der Waals surface area contributed by atoms with E-state index in [-0.39, 0.29) is 12.1 Å². The molecule has 0 unspecified atom stereocenters. The van der Waals surface area contributed by atoms with Crippen molar-refractivity contribution in [2.75, 3.05) is 33.5 Å². The first kappa shape index (κ1) is 24.8. The van der Waals surface area contributed by atoms with Crippen LogP contribution in [-0.2, 0) is 16.0 Å². The zero-order chi connectivity index (χ0) is 25.1. The van der Waals surface area contributed by atoms with E-state index in [0.29, 0.717) is 11.5 Å². The number of fused-ring (bicyclic) bond motifs is 1. The fraction of sp³-hybridized carbons (Fsp3) is 0.483. The lowest BCUT2D eigenvalue weighted by Gasteiger charge is -2.40. The standard InChI is InChI=1S/C29H36N2O5/c1-19-15-27(34-2)25(24-7-11-30-28(19)24)17-31-12-8-23(36-18-20-9-13-35-14-10-20)16-26(31)21-3-5-22(6-4-21)29(32)33/h3-7,11,15,20,23,26,30H,8-10,12-14,16-18H2,1-2H3,(H,32,33)/t23-,26-/m0/s1. The van der Waals surface area contributed by atoms with Crippen LogP contribution in [0.5, 0.6) is 5.75 Å². The molecule has 192 valence electrons. The van der Waals surface area contributed by atoms with Crippen molar-refractivity contribution >= 4 is 16.9 Å². The minimum Gasteiger partial charge on any atom is -0.496 e. The van der Waals surface area contributed by atoms with Gasteiger partial charge in [0.1, 0.15) is 5.75 Å². The molecule has 3 aromatic rings. The van der Waals surface area contributed by atoms with E-state index < -0.39 is 5.97 Å². The number of benzene rings is 2. The fourth-order valence-electron chi connectivity index (χ4n) is 5.69. The van der Waals surface area contributed by atoms with Crippen molar-refractivity contribution in [2.45, 2.75) is 51.3 Å². The van der Waals surface area contributed by atoms with Crippen molar-refractivity contribution in [1.82, 2.24) is 9.88 Å². The number of likely N-dealkylation sites (tertiary alicyclic amines) is 1. The number of aromatic carboxylic acids is 1. The van der Waals surface area contributed by atoms with Gasteiger partial charge in [0.2, 0.25) is 0 Å². The predicted molar refractivity (Wildman–Crippen MR) is 139 cm³/mol. The number of methoxy groups -OCH3 is 1. The van der Waals surface area contributed by atoms with E-state index in [0.717, 1.165) is 81.0 Å². The second kappa shape index (κ2) is 11.0. The molecule has 0 radical (unpaired) electrons. The number of carboxylic acids is 1. The van der Waals surface area contributed by atoms with Gasteiger partial charge < -0.3 is 24.3 Å². The molecule has 3 heterocycles. The molecule has 0 bridgehead atoms. The van der Waals surface area contributed by atoms with Crippen molar-refractivity contribution in [1.29, 1.82) is 0 Å². The average Bonchev–Trinajstić information content (AvgIpc) is 3.41. The summed E-state index contributed by atoms with van der Waals surface area (Å²) in [6.45, 7) is 6.18. The summed E-state index contributed by atoms with van der Waals surface area (Å²) in [5, 5.41) is 10.6. The number of nitrogens with one attached hydrogen (secondary N) is 1. The molecule has 0 spiro atoms. The first-order valence-electron chi connectivity index (χ1n) is 12.9. The Morgan fingerprint density at radius 1 is 1.17 bits per heavy atom. The first-order chi connectivity index (χ1) is 17.5. The molecule has 36 heavy (non-hydrogen) atoms. The smallest absolute Gasteiger partial charge is 0.335 e. The largest absolute Gasteiger partial charge is 0.496 e. The number of aromatic nitrogens is 1. The SMILES string of the molecule is COc1cc(C)c2[nH]ccc2c1CN1CC[C@H](OCC2CCOCC2)C[C@H]1c1ccc(C(=O)O)cc1. The lowest BCUT2D eigenvalue weighted by molar-refractivity contribution is -0.0483. The monoisotopic (exact) mass is 492 g/mol. The molecule has 2 fully saturated rings. The van der Waals surface area contributed by atoms with Gasteiger partial charge in [-0.2, -0.15) is 0 Å². The van der Waals surface area contributed by atoms with E-state index in [1.54, 1.807) is 19.2 Å². The van der Waals surface area contributed by atoms with E-state index in [9.17, 15) is 9.90 Å². The first-order valence-corrected chi connectivity index (χ1v) is 12.9. The van der Waals surface area contributed by atoms with E-state index in [4.69, 9.17) is 14.2 Å². The maximum Gasteiger partial charge on any atom is 0.335 e. The average molecular weight is 493 g/mol. The lowest BCUT2D eigenvalue weighted by Crippen LogP contribution is -2.40. The van der Waals surface area contributed by atoms with Gasteiger partial charge in [-0.15, -0.1) is 0 Å². The fourth-order valence-corrected chi connectivity index (χ4v) is 5.69. The van der Waals surface area contributed by atoms with Crippen LogP contribution in [0, 0.1) is 12.8 Å². The third-order valence-electron chi connectivity index (χ3n) is 7.81. The van der Waals surface area contributed by atoms with Crippen LogP contribution in [-0.4, -0.2) is 60.5 Å². The molecule has 2 N–H and O–H groups in total. The molecule has 7 nitrogen and oxygen atoms in total. The highest BCUT2D eigenvalue weighted by Gasteiger charge is 2.32. The Hall–Kier alpha value is -2.87. The number of H-pyrrole nitrogens is 1. The molecular formula is C29H36N2O5. The van der Waals surface area contributed by atoms with Gasteiger partial charge in [0.15, 0.2) is 0 Å². The summed E-state index contributed by atoms with van der Waals surface area (Å²) in [5.74, 6) is 0.570. The lowest BCUT2D eigenvalue weighted by atomic mass is 9.91. The van der Waals surface area contributed by atoms with Crippen LogP contribution < -0.4 is 4.74 Å². The van der Waals surface area contributed by atoms with Crippen LogP contribution in [0.3, 0.4) is 0 Å². The van der Waals surface area contributed by atoms with Crippen molar-refractivity contribution in [3.05, 3.63) is 64.8 Å². The maximum atomic E-state index is 11.4. The van der Waals surface area contributed by atoms with Gasteiger partial charge in [0, 0.05) is 61.6 Å². The van der Waals surface area contributed by atoms with Gasteiger partial charge in [-0.25, -0.2) is 4.79 Å². The highest BCUT2D eigenvalue weighted by Crippen LogP contribution is 2.38. The summed E-state index contributed by atoms with van der Waals surface area (Å²) in [6, 6.07) is 11.7. The minimum absolute atomic E-state index is 0.126. The van der Waals surface area contributed by atoms with Crippen molar-refractivity contribution < 1.29 is 24.1 Å². The second-order valence-corrected chi connectivity index (χ2v) is 10.1. The molecule has 2 saturated heterocycles. The Labute approximate surface area is 212 Å². The topological polar surface area (TPSA) is 84.0 Å². The van der Waals surface area contributed by atoms with Crippen molar-refractivity contribution in [3.8, 4) is 5.75 Å². The number of piperidine rings is 1. The highest BCUT2D eigenvalue weighted by atomic mass is 16.5. The number of carbonyl (C=O) groups is 1. The number of hydrogen-bond acceptors (Lipinski definition) is 5. The molecule has 0 saturated carbocycles. The van der Waals surface area contributed by atoms with Crippen LogP contribution >= 0.6 is 0 Å². The van der Waals surface area contributed by atoms with Gasteiger partial charge in [-0.05, 0) is 73.9 Å². The molecule has 1 aromatic heterocycles. The molecule has 0 amide bonds. The third kappa shape index (κ3) is 5.28. The summed E-state index contributed by atoms with van der Waals surface area (Å²) in [6.07, 6.45) is 6.15. The number of hydrogen-bond donors (Lipinski definition) is 2. The summed E-state index contributed by atoms with van der Waals surface area (Å²) < 4.78 is 17.8.